The standard InChI is InChI=1S/C5H14Si/c1-3-4-5-6-2/h3-6H2,1-2H3/i2D3. The molecule has 0 aliphatic heterocycles. The molecule has 6 heavy (non-hydrogen) atoms. The van der Waals surface area contributed by atoms with Crippen molar-refractivity contribution in [2.75, 3.05) is 0 Å². The summed E-state index contributed by atoms with van der Waals surface area (Å²) in [7, 11) is -0.761. The quantitative estimate of drug-likeness (QED) is 0.376. The second-order valence-corrected chi connectivity index (χ2v) is 2.66. The van der Waals surface area contributed by atoms with E-state index in [1.807, 2.05) is 0 Å². The maximum absolute atomic E-state index is 6.91. The molecule has 0 radical (unpaired) electrons. The summed E-state index contributed by atoms with van der Waals surface area (Å²) in [5.41, 5.74) is 0. The Bertz CT molecular complexity index is 69.1. The van der Waals surface area contributed by atoms with E-state index in [0.29, 0.717) is 0 Å². The second kappa shape index (κ2) is 5.22. The zero-order valence-electron chi connectivity index (χ0n) is 7.33. The van der Waals surface area contributed by atoms with E-state index >= 15 is 0 Å². The van der Waals surface area contributed by atoms with Crippen LogP contribution in [0.15, 0.2) is 0 Å². The number of hydrogen-bond acceptors (Lipinski definition) is 0. The minimum absolute atomic E-state index is 0.761. The first-order chi connectivity index (χ1) is 4.06. The van der Waals surface area contributed by atoms with Gasteiger partial charge in [-0.2, -0.15) is 0 Å². The van der Waals surface area contributed by atoms with Gasteiger partial charge in [0, 0.05) is 13.6 Å². The number of hydrogen-bond donors (Lipinski definition) is 0. The minimum Gasteiger partial charge on any atom is -0.0748 e. The Morgan fingerprint density at radius 2 is 2.67 bits per heavy atom. The van der Waals surface area contributed by atoms with Crippen molar-refractivity contribution in [3.8, 4) is 0 Å². The Labute approximate surface area is 47.0 Å². The Morgan fingerprint density at radius 1 is 1.83 bits per heavy atom. The molecule has 0 amide bonds. The van der Waals surface area contributed by atoms with Gasteiger partial charge in [-0.15, -0.1) is 0 Å². The molecular formula is C5H14Si. The molecule has 0 spiro atoms. The second-order valence-electron chi connectivity index (χ2n) is 1.46. The fourth-order valence-corrected chi connectivity index (χ4v) is 1.12. The fourth-order valence-electron chi connectivity index (χ4n) is 0.375. The van der Waals surface area contributed by atoms with Crippen LogP contribution in [0.2, 0.25) is 12.5 Å². The molecule has 0 bridgehead atoms. The van der Waals surface area contributed by atoms with E-state index in [1.165, 1.54) is 0 Å². The van der Waals surface area contributed by atoms with Crippen LogP contribution in [-0.2, 0) is 0 Å². The van der Waals surface area contributed by atoms with Crippen molar-refractivity contribution in [1.29, 1.82) is 0 Å². The van der Waals surface area contributed by atoms with Crippen molar-refractivity contribution in [1.82, 2.24) is 0 Å². The summed E-state index contributed by atoms with van der Waals surface area (Å²) in [6.45, 7) is 0.531. The van der Waals surface area contributed by atoms with Crippen molar-refractivity contribution in [3.63, 3.8) is 0 Å². The normalized spacial score (nSPS) is 20.5. The third-order valence-corrected chi connectivity index (χ3v) is 1.63. The van der Waals surface area contributed by atoms with Gasteiger partial charge in [0.05, 0.1) is 0 Å². The zero-order chi connectivity index (χ0) is 7.33. The average Bonchev–Trinajstić information content (AvgIpc) is 1.63. The molecule has 0 aromatic heterocycles. The van der Waals surface area contributed by atoms with Crippen LogP contribution in [0.4, 0.5) is 0 Å². The zero-order valence-corrected chi connectivity index (χ0v) is 5.74. The molecule has 1 heteroatoms. The highest BCUT2D eigenvalue weighted by atomic mass is 28.2. The maximum Gasteiger partial charge on any atom is 0.0193 e. The van der Waals surface area contributed by atoms with Crippen molar-refractivity contribution in [2.24, 2.45) is 0 Å². The van der Waals surface area contributed by atoms with Crippen LogP contribution in [0.25, 0.3) is 0 Å². The van der Waals surface area contributed by atoms with E-state index in [-0.39, 0.29) is 0 Å². The van der Waals surface area contributed by atoms with Gasteiger partial charge in [0.2, 0.25) is 0 Å². The number of rotatable bonds is 3. The topological polar surface area (TPSA) is 0 Å². The maximum atomic E-state index is 6.91. The van der Waals surface area contributed by atoms with Gasteiger partial charge in [-0.3, -0.25) is 0 Å². The summed E-state index contributed by atoms with van der Waals surface area (Å²) in [5, 5.41) is 0. The monoisotopic (exact) mass is 105 g/mol. The summed E-state index contributed by atoms with van der Waals surface area (Å²) >= 11 is 0. The Kier molecular flexibility index (Phi) is 2.18. The molecule has 0 unspecified atom stereocenters. The lowest BCUT2D eigenvalue weighted by atomic mass is 10.4. The highest BCUT2D eigenvalue weighted by Gasteiger charge is 1.76. The van der Waals surface area contributed by atoms with Gasteiger partial charge in [-0.25, -0.2) is 0 Å². The van der Waals surface area contributed by atoms with Gasteiger partial charge in [0.15, 0.2) is 0 Å². The molecule has 0 fully saturated rings. The molecule has 0 atom stereocenters. The molecule has 38 valence electrons. The van der Waals surface area contributed by atoms with Crippen LogP contribution in [-0.4, -0.2) is 9.52 Å². The molecule has 0 aliphatic carbocycles. The fraction of sp³-hybridized carbons (Fsp3) is 1.00. The van der Waals surface area contributed by atoms with Gasteiger partial charge in [-0.1, -0.05) is 32.3 Å². The lowest BCUT2D eigenvalue weighted by molar-refractivity contribution is 0.880. The van der Waals surface area contributed by atoms with Gasteiger partial charge in [0.1, 0.15) is 0 Å². The predicted molar refractivity (Wildman–Crippen MR) is 34.1 cm³/mol. The van der Waals surface area contributed by atoms with Crippen molar-refractivity contribution >= 4 is 9.52 Å². The average molecular weight is 105 g/mol. The molecule has 0 rings (SSSR count). The summed E-state index contributed by atoms with van der Waals surface area (Å²) in [4.78, 5) is 0. The van der Waals surface area contributed by atoms with Crippen molar-refractivity contribution in [2.45, 2.75) is 32.3 Å². The first-order valence-corrected chi connectivity index (χ1v) is 4.27. The third-order valence-electron chi connectivity index (χ3n) is 0.780. The molecule has 0 saturated carbocycles. The van der Waals surface area contributed by atoms with E-state index < -0.39 is 16.0 Å². The SMILES string of the molecule is [2H]C([2H])([2H])[SiH2]CCCC. The van der Waals surface area contributed by atoms with Crippen LogP contribution in [0.5, 0.6) is 0 Å². The minimum atomic E-state index is -1.56. The molecule has 0 aromatic rings. The lowest BCUT2D eigenvalue weighted by Gasteiger charge is -1.85. The Hall–Kier alpha value is 0.217. The smallest absolute Gasteiger partial charge is 0.0193 e. The first-order valence-electron chi connectivity index (χ1n) is 4.06. The van der Waals surface area contributed by atoms with Crippen LogP contribution in [0.1, 0.15) is 23.9 Å². The largest absolute Gasteiger partial charge is 0.0748 e. The summed E-state index contributed by atoms with van der Waals surface area (Å²) in [5.74, 6) is 0. The van der Waals surface area contributed by atoms with Crippen molar-refractivity contribution in [3.05, 3.63) is 0 Å². The highest BCUT2D eigenvalue weighted by Crippen LogP contribution is 1.90. The van der Waals surface area contributed by atoms with E-state index in [2.05, 4.69) is 6.92 Å². The molecule has 0 heterocycles. The Balaban J connectivity index is 3.07. The van der Waals surface area contributed by atoms with Crippen LogP contribution in [0.3, 0.4) is 0 Å². The lowest BCUT2D eigenvalue weighted by Crippen LogP contribution is -1.76. The predicted octanol–water partition coefficient (Wildman–Crippen LogP) is 1.42. The molecule has 0 saturated heterocycles. The van der Waals surface area contributed by atoms with Crippen LogP contribution in [0, 0.1) is 0 Å². The molecule has 0 aliphatic rings. The third kappa shape index (κ3) is 4.22. The first kappa shape index (κ1) is 2.51. The van der Waals surface area contributed by atoms with Gasteiger partial charge >= 0.3 is 0 Å². The molecule has 0 aromatic carbocycles. The summed E-state index contributed by atoms with van der Waals surface area (Å²) in [6, 6.07) is 0.979. The van der Waals surface area contributed by atoms with Gasteiger partial charge < -0.3 is 0 Å². The van der Waals surface area contributed by atoms with E-state index in [9.17, 15) is 0 Å². The Morgan fingerprint density at radius 3 is 3.17 bits per heavy atom. The summed E-state index contributed by atoms with van der Waals surface area (Å²) < 4.78 is 20.7. The molecular weight excluding hydrogens is 88.1 g/mol. The summed E-state index contributed by atoms with van der Waals surface area (Å²) in [6.07, 6.45) is 2.23. The van der Waals surface area contributed by atoms with Gasteiger partial charge in [0.25, 0.3) is 0 Å². The van der Waals surface area contributed by atoms with Crippen LogP contribution >= 0.6 is 0 Å². The van der Waals surface area contributed by atoms with E-state index in [1.54, 1.807) is 0 Å². The molecule has 0 N–H and O–H groups in total. The number of unbranched alkanes of at least 4 members (excludes halogenated alkanes) is 1. The van der Waals surface area contributed by atoms with E-state index in [0.717, 1.165) is 18.9 Å². The van der Waals surface area contributed by atoms with Crippen molar-refractivity contribution < 1.29 is 4.11 Å². The van der Waals surface area contributed by atoms with Gasteiger partial charge in [-0.05, 0) is 0 Å². The molecule has 0 nitrogen and oxygen atoms in total. The van der Waals surface area contributed by atoms with E-state index in [4.69, 9.17) is 4.11 Å². The van der Waals surface area contributed by atoms with Crippen LogP contribution < -0.4 is 0 Å². The highest BCUT2D eigenvalue weighted by molar-refractivity contribution is 6.33.